The number of benzene rings is 6. The predicted molar refractivity (Wildman–Crippen MR) is 341 cm³/mol. The molecule has 6 fully saturated rings. The van der Waals surface area contributed by atoms with E-state index >= 15 is 0 Å². The van der Waals surface area contributed by atoms with E-state index in [1.807, 2.05) is 42.7 Å². The van der Waals surface area contributed by atoms with Crippen LogP contribution in [-0.2, 0) is 9.59 Å². The molecule has 6 aliphatic rings. The zero-order chi connectivity index (χ0) is 60.3. The summed E-state index contributed by atoms with van der Waals surface area (Å²) >= 11 is 12.7. The van der Waals surface area contributed by atoms with Crippen molar-refractivity contribution in [3.8, 4) is 33.8 Å². The van der Waals surface area contributed by atoms with E-state index in [2.05, 4.69) is 65.0 Å². The predicted octanol–water partition coefficient (Wildman–Crippen LogP) is 12.0. The van der Waals surface area contributed by atoms with Crippen molar-refractivity contribution in [2.24, 2.45) is 5.73 Å². The van der Waals surface area contributed by atoms with Gasteiger partial charge in [-0.05, 0) is 185 Å². The van der Waals surface area contributed by atoms with Crippen LogP contribution in [0.4, 0.5) is 0 Å². The molecule has 6 N–H and O–H groups in total. The minimum absolute atomic E-state index is 0. The van der Waals surface area contributed by atoms with Gasteiger partial charge in [-0.2, -0.15) is 10.2 Å². The van der Waals surface area contributed by atoms with Crippen LogP contribution in [0.3, 0.4) is 0 Å². The van der Waals surface area contributed by atoms with Crippen LogP contribution in [0.1, 0.15) is 141 Å². The van der Waals surface area contributed by atoms with Crippen LogP contribution in [0.2, 0.25) is 10.0 Å². The average molecular weight is 1230 g/mol. The Morgan fingerprint density at radius 2 is 0.966 bits per heavy atom. The molecule has 2 aliphatic heterocycles. The Balaban J connectivity index is 0.000000150. The second-order valence-corrected chi connectivity index (χ2v) is 24.8. The number of nitrogens with one attached hydrogen (secondary N) is 1. The molecule has 0 unspecified atom stereocenters. The number of ether oxygens (including phenoxy) is 2. The SMILES string of the molecule is C.N[C@H](CN1CCCC1)[C@H](O)c1ccc(OC2CC2)c(Cl)c1.O=C(N[C@H](CN1CCCC1)[C@H](O)c1ccc(OC2CC2)c(Cl)c1)C(=O)c1ccc(-c2ccc3c(cnn3C3CC3)c2)cc1.O=C(O)C(=O)c1ccc(-c2ccc3c(cnn3C3CC3)c2)cc1. The molecule has 19 heteroatoms. The molecule has 14 rings (SSSR count). The second kappa shape index (κ2) is 27.5. The second-order valence-electron chi connectivity index (χ2n) is 24.0. The Labute approximate surface area is 522 Å². The molecular weight excluding hydrogens is 1160 g/mol. The first-order valence-electron chi connectivity index (χ1n) is 30.5. The van der Waals surface area contributed by atoms with E-state index in [1.165, 1.54) is 38.5 Å². The highest BCUT2D eigenvalue weighted by Crippen LogP contribution is 2.40. The molecule has 4 heterocycles. The molecule has 4 atom stereocenters. The van der Waals surface area contributed by atoms with Gasteiger partial charge >= 0.3 is 5.97 Å². The molecule has 0 bridgehead atoms. The summed E-state index contributed by atoms with van der Waals surface area (Å²) in [5.41, 5.74) is 14.1. The number of aliphatic carboxylic acids is 1. The minimum atomic E-state index is -1.44. The lowest BCUT2D eigenvalue weighted by Gasteiger charge is -2.28. The molecule has 1 amide bonds. The first kappa shape index (κ1) is 62.1. The van der Waals surface area contributed by atoms with E-state index in [-0.39, 0.29) is 25.1 Å². The number of carbonyl (C=O) groups is 4. The number of carboxylic acid groups (broad SMARTS) is 1. The van der Waals surface area contributed by atoms with Crippen LogP contribution >= 0.6 is 23.2 Å². The molecule has 2 aromatic heterocycles. The van der Waals surface area contributed by atoms with Gasteiger partial charge in [-0.3, -0.25) is 23.7 Å². The Kier molecular flexibility index (Phi) is 19.4. The Morgan fingerprint density at radius 3 is 1.39 bits per heavy atom. The number of likely N-dealkylation sites (tertiary alicyclic amines) is 2. The summed E-state index contributed by atoms with van der Waals surface area (Å²) in [6.45, 7) is 5.08. The number of aromatic nitrogens is 4. The van der Waals surface area contributed by atoms with Crippen LogP contribution < -0.4 is 20.5 Å². The maximum atomic E-state index is 13.2. The first-order chi connectivity index (χ1) is 42.2. The number of nitrogens with two attached hydrogens (primary N) is 1. The molecule has 17 nitrogen and oxygen atoms in total. The van der Waals surface area contributed by atoms with E-state index in [0.29, 0.717) is 57.4 Å². The monoisotopic (exact) mass is 1230 g/mol. The molecule has 6 aromatic carbocycles. The summed E-state index contributed by atoms with van der Waals surface area (Å²) in [5, 5.41) is 45.5. The van der Waals surface area contributed by atoms with E-state index in [1.54, 1.807) is 60.7 Å². The molecule has 2 saturated heterocycles. The van der Waals surface area contributed by atoms with Crippen LogP contribution in [0.5, 0.6) is 11.5 Å². The Bertz CT molecular complexity index is 3790. The van der Waals surface area contributed by atoms with Gasteiger partial charge in [0.1, 0.15) is 17.6 Å². The summed E-state index contributed by atoms with van der Waals surface area (Å²) in [6.07, 6.45) is 16.1. The molecule has 4 saturated carbocycles. The smallest absolute Gasteiger partial charge is 0.377 e. The van der Waals surface area contributed by atoms with Crippen LogP contribution in [0, 0.1) is 0 Å². The van der Waals surface area contributed by atoms with Crippen LogP contribution in [-0.4, -0.2) is 132 Å². The molecule has 0 radical (unpaired) electrons. The van der Waals surface area contributed by atoms with E-state index < -0.39 is 41.7 Å². The maximum Gasteiger partial charge on any atom is 0.377 e. The molecule has 8 aromatic rings. The van der Waals surface area contributed by atoms with Crippen LogP contribution in [0.25, 0.3) is 44.1 Å². The number of fused-ring (bicyclic) bond motifs is 2. The highest BCUT2D eigenvalue weighted by Gasteiger charge is 2.32. The number of aliphatic hydroxyl groups excluding tert-OH is 2. The van der Waals surface area contributed by atoms with Gasteiger partial charge in [-0.15, -0.1) is 0 Å². The number of halogens is 2. The molecule has 460 valence electrons. The average Bonchev–Trinajstić information content (AvgIpc) is 2.96. The summed E-state index contributed by atoms with van der Waals surface area (Å²) < 4.78 is 15.7. The van der Waals surface area contributed by atoms with E-state index in [4.69, 9.17) is 43.5 Å². The van der Waals surface area contributed by atoms with Gasteiger partial charge in [0.2, 0.25) is 5.78 Å². The Hall–Kier alpha value is -7.48. The molecule has 88 heavy (non-hydrogen) atoms. The third kappa shape index (κ3) is 15.1. The third-order valence-corrected chi connectivity index (χ3v) is 17.6. The lowest BCUT2D eigenvalue weighted by atomic mass is 9.99. The number of aliphatic hydroxyl groups is 2. The number of rotatable bonds is 21. The molecular formula is C69H76Cl2N8O9. The molecule has 0 spiro atoms. The number of hydrogen-bond donors (Lipinski definition) is 5. The summed E-state index contributed by atoms with van der Waals surface area (Å²) in [4.78, 5) is 53.1. The lowest BCUT2D eigenvalue weighted by molar-refractivity contribution is -0.131. The van der Waals surface area contributed by atoms with Crippen LogP contribution in [0.15, 0.2) is 134 Å². The zero-order valence-electron chi connectivity index (χ0n) is 48.4. The van der Waals surface area contributed by atoms with Gasteiger partial charge in [0.15, 0.2) is 0 Å². The number of amides is 1. The van der Waals surface area contributed by atoms with Gasteiger partial charge in [0, 0.05) is 41.0 Å². The largest absolute Gasteiger partial charge is 0.489 e. The van der Waals surface area contributed by atoms with Gasteiger partial charge in [0.05, 0.1) is 69.9 Å². The van der Waals surface area contributed by atoms with E-state index in [9.17, 15) is 29.4 Å². The standard InChI is InChI=1S/C34H35ClN4O4.C18H14N2O3.C16H23ClN2O2.CH4/c35-28-18-24(8-14-31(28)43-27-11-12-27)32(40)29(20-38-15-1-2-16-38)37-34(42)33(41)22-5-3-21(4-6-22)23-7-13-30-25(17-23)19-36-39(30)26-9-10-26;21-17(18(22)23)12-3-1-11(2-4-12)13-5-8-16-14(9-13)10-19-20(16)15-6-7-15;17-13-9-11(3-6-15(13)21-12-4-5-12)16(20)14(18)10-19-7-1-2-8-19;/h3-8,13-14,17-19,26-27,29,32,40H,1-2,9-12,15-16,20H2,(H,37,42);1-5,8-10,15H,6-7H2,(H,22,23);3,6,9,12,14,16,20H,1-2,4-5,7-8,10,18H2;1H4/t29-,32-;;14-,16-;/m1.1./s1. The highest BCUT2D eigenvalue weighted by molar-refractivity contribution is 6.43. The topological polar surface area (TPSA) is 228 Å². The summed E-state index contributed by atoms with van der Waals surface area (Å²) in [7, 11) is 0. The number of Topliss-reactive ketones (excluding diaryl/α,β-unsaturated/α-hetero) is 2. The summed E-state index contributed by atoms with van der Waals surface area (Å²) in [6, 6.07) is 36.9. The van der Waals surface area contributed by atoms with Crippen molar-refractivity contribution in [1.29, 1.82) is 0 Å². The van der Waals surface area contributed by atoms with Crippen molar-refractivity contribution < 1.29 is 44.0 Å². The van der Waals surface area contributed by atoms with Crippen molar-refractivity contribution in [3.05, 3.63) is 166 Å². The fraction of sp³-hybridized carbons (Fsp3) is 0.391. The van der Waals surface area contributed by atoms with Crippen molar-refractivity contribution in [1.82, 2.24) is 34.7 Å². The number of carboxylic acids is 1. The number of carbonyl (C=O) groups excluding carboxylic acids is 3. The Morgan fingerprint density at radius 1 is 0.545 bits per heavy atom. The number of nitrogens with zero attached hydrogens (tertiary/aromatic N) is 6. The third-order valence-electron chi connectivity index (χ3n) is 17.0. The maximum absolute atomic E-state index is 13.2. The van der Waals surface area contributed by atoms with Gasteiger partial charge in [-0.1, -0.05) is 103 Å². The van der Waals surface area contributed by atoms with Crippen molar-refractivity contribution in [3.63, 3.8) is 0 Å². The lowest BCUT2D eigenvalue weighted by Crippen LogP contribution is -2.48. The van der Waals surface area contributed by atoms with Gasteiger partial charge in [0.25, 0.3) is 11.7 Å². The van der Waals surface area contributed by atoms with Gasteiger partial charge < -0.3 is 45.6 Å². The minimum Gasteiger partial charge on any atom is -0.489 e. The first-order valence-corrected chi connectivity index (χ1v) is 31.2. The number of ketones is 2. The normalized spacial score (nSPS) is 18.0. The van der Waals surface area contributed by atoms with Crippen molar-refractivity contribution >= 4 is 68.5 Å². The zero-order valence-corrected chi connectivity index (χ0v) is 49.9. The van der Waals surface area contributed by atoms with E-state index in [0.717, 1.165) is 121 Å². The number of hydrogen-bond acceptors (Lipinski definition) is 13. The summed E-state index contributed by atoms with van der Waals surface area (Å²) in [5.74, 6) is -2.43. The van der Waals surface area contributed by atoms with Crippen molar-refractivity contribution in [2.75, 3.05) is 39.3 Å². The quantitative estimate of drug-likeness (QED) is 0.0333. The van der Waals surface area contributed by atoms with Crippen molar-refractivity contribution in [2.45, 2.75) is 133 Å². The van der Waals surface area contributed by atoms with Gasteiger partial charge in [-0.25, -0.2) is 4.79 Å². The fourth-order valence-electron chi connectivity index (χ4n) is 11.4. The fourth-order valence-corrected chi connectivity index (χ4v) is 11.9. The molecule has 4 aliphatic carbocycles. The highest BCUT2D eigenvalue weighted by atomic mass is 35.5.